The van der Waals surface area contributed by atoms with Crippen molar-refractivity contribution in [3.05, 3.63) is 47.9 Å². The summed E-state index contributed by atoms with van der Waals surface area (Å²) in [6.45, 7) is 1.97. The molecule has 0 fully saturated rings. The quantitative estimate of drug-likeness (QED) is 0.854. The molecule has 0 aliphatic rings. The van der Waals surface area contributed by atoms with Gasteiger partial charge >= 0.3 is 0 Å². The lowest BCUT2D eigenvalue weighted by atomic mass is 10.1. The summed E-state index contributed by atoms with van der Waals surface area (Å²) in [5.74, 6) is 1.88. The lowest BCUT2D eigenvalue weighted by Crippen LogP contribution is -2.33. The minimum Gasteiger partial charge on any atom is -0.497 e. The summed E-state index contributed by atoms with van der Waals surface area (Å²) in [7, 11) is 3.11. The van der Waals surface area contributed by atoms with Crippen molar-refractivity contribution in [2.45, 2.75) is 25.8 Å². The Hall–Kier alpha value is -2.43. The molecule has 0 bridgehead atoms. The van der Waals surface area contributed by atoms with E-state index in [1.807, 2.05) is 19.1 Å². The van der Waals surface area contributed by atoms with E-state index in [1.165, 1.54) is 0 Å². The molecule has 2 aromatic rings. The van der Waals surface area contributed by atoms with Crippen molar-refractivity contribution in [1.29, 1.82) is 0 Å². The number of nitrogens with one attached hydrogen (secondary N) is 1. The van der Waals surface area contributed by atoms with Gasteiger partial charge in [0.2, 0.25) is 0 Å². The zero-order valence-corrected chi connectivity index (χ0v) is 13.1. The van der Waals surface area contributed by atoms with E-state index in [4.69, 9.17) is 13.9 Å². The number of amides is 1. The predicted octanol–water partition coefficient (Wildman–Crippen LogP) is 3.05. The standard InChI is InChI=1S/C17H21NO4/c1-12(6-7-13-5-4-10-22-13)18-17(19)15-11-14(20-2)8-9-16(15)21-3/h4-5,8-12H,6-7H2,1-3H3,(H,18,19). The Labute approximate surface area is 130 Å². The van der Waals surface area contributed by atoms with Crippen LogP contribution >= 0.6 is 0 Å². The van der Waals surface area contributed by atoms with Crippen molar-refractivity contribution >= 4 is 5.91 Å². The molecule has 0 aliphatic carbocycles. The highest BCUT2D eigenvalue weighted by molar-refractivity contribution is 5.97. The summed E-state index contributed by atoms with van der Waals surface area (Å²) < 4.78 is 15.7. The minimum absolute atomic E-state index is 0.0218. The summed E-state index contributed by atoms with van der Waals surface area (Å²) in [5.41, 5.74) is 0.465. The highest BCUT2D eigenvalue weighted by atomic mass is 16.5. The second-order valence-electron chi connectivity index (χ2n) is 5.06. The molecule has 118 valence electrons. The van der Waals surface area contributed by atoms with E-state index < -0.39 is 0 Å². The van der Waals surface area contributed by atoms with Crippen molar-refractivity contribution in [1.82, 2.24) is 5.32 Å². The highest BCUT2D eigenvalue weighted by Crippen LogP contribution is 2.24. The molecule has 5 heteroatoms. The third-order valence-electron chi connectivity index (χ3n) is 3.43. The maximum Gasteiger partial charge on any atom is 0.255 e. The molecule has 22 heavy (non-hydrogen) atoms. The normalized spacial score (nSPS) is 11.8. The molecule has 2 rings (SSSR count). The Balaban J connectivity index is 1.98. The largest absolute Gasteiger partial charge is 0.497 e. The zero-order chi connectivity index (χ0) is 15.9. The van der Waals surface area contributed by atoms with Crippen LogP contribution in [-0.2, 0) is 6.42 Å². The Morgan fingerprint density at radius 1 is 1.27 bits per heavy atom. The SMILES string of the molecule is COc1ccc(OC)c(C(=O)NC(C)CCc2ccco2)c1. The van der Waals surface area contributed by atoms with Gasteiger partial charge in [-0.25, -0.2) is 0 Å². The first kappa shape index (κ1) is 15.9. The van der Waals surface area contributed by atoms with Crippen LogP contribution in [-0.4, -0.2) is 26.2 Å². The third-order valence-corrected chi connectivity index (χ3v) is 3.43. The molecule has 0 aliphatic heterocycles. The van der Waals surface area contributed by atoms with Crippen molar-refractivity contribution in [3.8, 4) is 11.5 Å². The molecule has 1 unspecified atom stereocenters. The van der Waals surface area contributed by atoms with Crippen LogP contribution in [0, 0.1) is 0 Å². The molecule has 1 amide bonds. The van der Waals surface area contributed by atoms with Gasteiger partial charge in [0.15, 0.2) is 0 Å². The van der Waals surface area contributed by atoms with Gasteiger partial charge < -0.3 is 19.2 Å². The van der Waals surface area contributed by atoms with E-state index >= 15 is 0 Å². The third kappa shape index (κ3) is 4.04. The van der Waals surface area contributed by atoms with Crippen molar-refractivity contribution < 1.29 is 18.7 Å². The summed E-state index contributed by atoms with van der Waals surface area (Å²) in [6.07, 6.45) is 3.23. The maximum atomic E-state index is 12.4. The molecule has 0 saturated carbocycles. The van der Waals surface area contributed by atoms with Gasteiger partial charge in [-0.2, -0.15) is 0 Å². The molecule has 0 saturated heterocycles. The van der Waals surface area contributed by atoms with Crippen LogP contribution in [0.25, 0.3) is 0 Å². The van der Waals surface area contributed by atoms with Crippen molar-refractivity contribution in [2.75, 3.05) is 14.2 Å². The number of rotatable bonds is 7. The monoisotopic (exact) mass is 303 g/mol. The van der Waals surface area contributed by atoms with E-state index in [0.717, 1.165) is 18.6 Å². The fourth-order valence-electron chi connectivity index (χ4n) is 2.18. The average molecular weight is 303 g/mol. The molecule has 1 N–H and O–H groups in total. The number of methoxy groups -OCH3 is 2. The molecule has 1 aromatic heterocycles. The van der Waals surface area contributed by atoms with Crippen molar-refractivity contribution in [3.63, 3.8) is 0 Å². The number of ether oxygens (including phenoxy) is 2. The average Bonchev–Trinajstić information content (AvgIpc) is 3.05. The van der Waals surface area contributed by atoms with Gasteiger partial charge in [0.25, 0.3) is 5.91 Å². The van der Waals surface area contributed by atoms with Gasteiger partial charge in [-0.05, 0) is 43.7 Å². The first-order valence-electron chi connectivity index (χ1n) is 7.19. The molecule has 5 nitrogen and oxygen atoms in total. The summed E-state index contributed by atoms with van der Waals surface area (Å²) in [5, 5.41) is 2.97. The molecule has 0 radical (unpaired) electrons. The van der Waals surface area contributed by atoms with E-state index in [9.17, 15) is 4.79 Å². The van der Waals surface area contributed by atoms with Crippen LogP contribution in [0.3, 0.4) is 0 Å². The topological polar surface area (TPSA) is 60.7 Å². The Kier molecular flexibility index (Phi) is 5.47. The lowest BCUT2D eigenvalue weighted by molar-refractivity contribution is 0.0934. The molecule has 1 aromatic carbocycles. The number of aryl methyl sites for hydroxylation is 1. The molecule has 1 atom stereocenters. The lowest BCUT2D eigenvalue weighted by Gasteiger charge is -2.15. The van der Waals surface area contributed by atoms with Gasteiger partial charge in [-0.15, -0.1) is 0 Å². The maximum absolute atomic E-state index is 12.4. The van der Waals surface area contributed by atoms with E-state index in [1.54, 1.807) is 38.7 Å². The number of carbonyl (C=O) groups is 1. The zero-order valence-electron chi connectivity index (χ0n) is 13.1. The van der Waals surface area contributed by atoms with Crippen LogP contribution in [0.5, 0.6) is 11.5 Å². The second kappa shape index (κ2) is 7.54. The van der Waals surface area contributed by atoms with Gasteiger partial charge in [0.1, 0.15) is 17.3 Å². The number of hydrogen-bond donors (Lipinski definition) is 1. The fourth-order valence-corrected chi connectivity index (χ4v) is 2.18. The molecular weight excluding hydrogens is 282 g/mol. The van der Waals surface area contributed by atoms with Crippen LogP contribution < -0.4 is 14.8 Å². The number of hydrogen-bond acceptors (Lipinski definition) is 4. The Morgan fingerprint density at radius 2 is 2.09 bits per heavy atom. The number of benzene rings is 1. The van der Waals surface area contributed by atoms with E-state index in [0.29, 0.717) is 17.1 Å². The molecule has 0 spiro atoms. The Morgan fingerprint density at radius 3 is 2.73 bits per heavy atom. The summed E-state index contributed by atoms with van der Waals surface area (Å²) >= 11 is 0. The summed E-state index contributed by atoms with van der Waals surface area (Å²) in [6, 6.07) is 8.97. The highest BCUT2D eigenvalue weighted by Gasteiger charge is 2.16. The number of furan rings is 1. The summed E-state index contributed by atoms with van der Waals surface area (Å²) in [4.78, 5) is 12.4. The number of carbonyl (C=O) groups excluding carboxylic acids is 1. The van der Waals surface area contributed by atoms with Crippen LogP contribution in [0.4, 0.5) is 0 Å². The minimum atomic E-state index is -0.178. The van der Waals surface area contributed by atoms with Crippen LogP contribution in [0.2, 0.25) is 0 Å². The molecular formula is C17H21NO4. The molecule has 1 heterocycles. The second-order valence-corrected chi connectivity index (χ2v) is 5.06. The van der Waals surface area contributed by atoms with E-state index in [-0.39, 0.29) is 11.9 Å². The van der Waals surface area contributed by atoms with Crippen LogP contribution in [0.15, 0.2) is 41.0 Å². The van der Waals surface area contributed by atoms with Gasteiger partial charge in [-0.1, -0.05) is 0 Å². The predicted molar refractivity (Wildman–Crippen MR) is 83.5 cm³/mol. The van der Waals surface area contributed by atoms with Crippen molar-refractivity contribution in [2.24, 2.45) is 0 Å². The first-order valence-corrected chi connectivity index (χ1v) is 7.19. The first-order chi connectivity index (χ1) is 10.6. The van der Waals surface area contributed by atoms with E-state index in [2.05, 4.69) is 5.32 Å². The van der Waals surface area contributed by atoms with Crippen LogP contribution in [0.1, 0.15) is 29.5 Å². The van der Waals surface area contributed by atoms with Gasteiger partial charge in [0, 0.05) is 12.5 Å². The van der Waals surface area contributed by atoms with Gasteiger partial charge in [0.05, 0.1) is 26.0 Å². The van der Waals surface area contributed by atoms with Gasteiger partial charge in [-0.3, -0.25) is 4.79 Å². The fraction of sp³-hybridized carbons (Fsp3) is 0.353. The smallest absolute Gasteiger partial charge is 0.255 e. The Bertz CT molecular complexity index is 607.